The second-order valence-corrected chi connectivity index (χ2v) is 7.22. The highest BCUT2D eigenvalue weighted by Gasteiger charge is 2.12. The summed E-state index contributed by atoms with van der Waals surface area (Å²) in [5.41, 5.74) is 3.69. The van der Waals surface area contributed by atoms with Gasteiger partial charge in [0.1, 0.15) is 10.8 Å². The number of aromatic nitrogens is 1. The third kappa shape index (κ3) is 3.99. The van der Waals surface area contributed by atoms with Crippen LogP contribution in [0.15, 0.2) is 72.8 Å². The zero-order valence-electron chi connectivity index (χ0n) is 14.8. The Morgan fingerprint density at radius 2 is 1.85 bits per heavy atom. The normalized spacial score (nSPS) is 10.7. The SMILES string of the molecule is Cc1cccc(OCC(=O)Nc2ccccc2-c2nc3ccccc3s2)c1. The van der Waals surface area contributed by atoms with Crippen molar-refractivity contribution in [3.05, 3.63) is 78.4 Å². The molecule has 0 atom stereocenters. The Morgan fingerprint density at radius 1 is 1.04 bits per heavy atom. The predicted molar refractivity (Wildman–Crippen MR) is 110 cm³/mol. The number of ether oxygens (including phenoxy) is 1. The summed E-state index contributed by atoms with van der Waals surface area (Å²) in [6, 6.07) is 23.3. The molecule has 0 bridgehead atoms. The molecule has 27 heavy (non-hydrogen) atoms. The second kappa shape index (κ2) is 7.60. The van der Waals surface area contributed by atoms with Crippen molar-refractivity contribution in [2.75, 3.05) is 11.9 Å². The number of para-hydroxylation sites is 2. The Hall–Kier alpha value is -3.18. The van der Waals surface area contributed by atoms with E-state index in [1.807, 2.05) is 79.7 Å². The van der Waals surface area contributed by atoms with Crippen LogP contribution in [0.3, 0.4) is 0 Å². The van der Waals surface area contributed by atoms with Gasteiger partial charge in [-0.15, -0.1) is 11.3 Å². The van der Waals surface area contributed by atoms with Crippen LogP contribution in [0.25, 0.3) is 20.8 Å². The van der Waals surface area contributed by atoms with Gasteiger partial charge in [0.15, 0.2) is 6.61 Å². The molecule has 1 aromatic heterocycles. The van der Waals surface area contributed by atoms with Crippen LogP contribution in [0, 0.1) is 6.92 Å². The van der Waals surface area contributed by atoms with Crippen LogP contribution in [0.2, 0.25) is 0 Å². The first-order chi connectivity index (χ1) is 13.2. The van der Waals surface area contributed by atoms with Crippen LogP contribution >= 0.6 is 11.3 Å². The van der Waals surface area contributed by atoms with Crippen LogP contribution < -0.4 is 10.1 Å². The Balaban J connectivity index is 1.51. The molecule has 4 aromatic rings. The molecule has 0 fully saturated rings. The number of benzene rings is 3. The standard InChI is InChI=1S/C22H18N2O2S/c1-15-7-6-8-16(13-15)26-14-21(25)23-18-10-3-2-9-17(18)22-24-19-11-4-5-12-20(19)27-22/h2-13H,14H2,1H3,(H,23,25). The van der Waals surface area contributed by atoms with Gasteiger partial charge in [-0.1, -0.05) is 36.4 Å². The number of rotatable bonds is 5. The minimum atomic E-state index is -0.204. The van der Waals surface area contributed by atoms with Crippen molar-refractivity contribution in [2.45, 2.75) is 6.92 Å². The molecule has 1 heterocycles. The fraction of sp³-hybridized carbons (Fsp3) is 0.0909. The van der Waals surface area contributed by atoms with Gasteiger partial charge in [-0.25, -0.2) is 4.98 Å². The molecule has 0 unspecified atom stereocenters. The van der Waals surface area contributed by atoms with Crippen molar-refractivity contribution >= 4 is 33.1 Å². The lowest BCUT2D eigenvalue weighted by Crippen LogP contribution is -2.20. The van der Waals surface area contributed by atoms with Crippen molar-refractivity contribution in [2.24, 2.45) is 0 Å². The number of fused-ring (bicyclic) bond motifs is 1. The number of nitrogens with one attached hydrogen (secondary N) is 1. The molecular formula is C22H18N2O2S. The molecule has 0 spiro atoms. The summed E-state index contributed by atoms with van der Waals surface area (Å²) in [6.07, 6.45) is 0. The van der Waals surface area contributed by atoms with Gasteiger partial charge in [0.25, 0.3) is 5.91 Å². The summed E-state index contributed by atoms with van der Waals surface area (Å²) in [4.78, 5) is 17.1. The minimum absolute atomic E-state index is 0.0440. The first-order valence-electron chi connectivity index (χ1n) is 8.63. The highest BCUT2D eigenvalue weighted by atomic mass is 32.1. The van der Waals surface area contributed by atoms with E-state index in [-0.39, 0.29) is 12.5 Å². The van der Waals surface area contributed by atoms with E-state index in [1.165, 1.54) is 0 Å². The van der Waals surface area contributed by atoms with E-state index in [2.05, 4.69) is 5.32 Å². The van der Waals surface area contributed by atoms with Crippen LogP contribution in [-0.2, 0) is 4.79 Å². The lowest BCUT2D eigenvalue weighted by Gasteiger charge is -2.10. The molecule has 0 aliphatic carbocycles. The van der Waals surface area contributed by atoms with Crippen molar-refractivity contribution < 1.29 is 9.53 Å². The van der Waals surface area contributed by atoms with Gasteiger partial charge in [0, 0.05) is 5.56 Å². The molecule has 4 rings (SSSR count). The number of aryl methyl sites for hydroxylation is 1. The van der Waals surface area contributed by atoms with E-state index in [4.69, 9.17) is 9.72 Å². The number of anilines is 1. The number of carbonyl (C=O) groups is 1. The third-order valence-electron chi connectivity index (χ3n) is 4.08. The second-order valence-electron chi connectivity index (χ2n) is 6.19. The Labute approximate surface area is 161 Å². The van der Waals surface area contributed by atoms with Crippen molar-refractivity contribution in [1.29, 1.82) is 0 Å². The van der Waals surface area contributed by atoms with Gasteiger partial charge in [0.05, 0.1) is 15.9 Å². The van der Waals surface area contributed by atoms with E-state index in [1.54, 1.807) is 11.3 Å². The average molecular weight is 374 g/mol. The van der Waals surface area contributed by atoms with Gasteiger partial charge in [0.2, 0.25) is 0 Å². The smallest absolute Gasteiger partial charge is 0.262 e. The summed E-state index contributed by atoms with van der Waals surface area (Å²) >= 11 is 1.61. The molecule has 4 nitrogen and oxygen atoms in total. The minimum Gasteiger partial charge on any atom is -0.484 e. The van der Waals surface area contributed by atoms with Gasteiger partial charge < -0.3 is 10.1 Å². The molecule has 1 amide bonds. The maximum absolute atomic E-state index is 12.4. The highest BCUT2D eigenvalue weighted by Crippen LogP contribution is 2.34. The lowest BCUT2D eigenvalue weighted by molar-refractivity contribution is -0.118. The topological polar surface area (TPSA) is 51.2 Å². The van der Waals surface area contributed by atoms with Crippen molar-refractivity contribution in [3.8, 4) is 16.3 Å². The third-order valence-corrected chi connectivity index (χ3v) is 5.15. The number of nitrogens with zero attached hydrogens (tertiary/aromatic N) is 1. The van der Waals surface area contributed by atoms with Crippen LogP contribution in [-0.4, -0.2) is 17.5 Å². The van der Waals surface area contributed by atoms with Crippen LogP contribution in [0.5, 0.6) is 5.75 Å². The van der Waals surface area contributed by atoms with E-state index in [9.17, 15) is 4.79 Å². The van der Waals surface area contributed by atoms with E-state index < -0.39 is 0 Å². The monoisotopic (exact) mass is 374 g/mol. The summed E-state index contributed by atoms with van der Waals surface area (Å²) in [6.45, 7) is 1.94. The van der Waals surface area contributed by atoms with E-state index in [0.717, 1.165) is 32.0 Å². The lowest BCUT2D eigenvalue weighted by atomic mass is 10.2. The quantitative estimate of drug-likeness (QED) is 0.516. The largest absolute Gasteiger partial charge is 0.484 e. The summed E-state index contributed by atoms with van der Waals surface area (Å²) in [7, 11) is 0. The number of carbonyl (C=O) groups excluding carboxylic acids is 1. The number of hydrogen-bond donors (Lipinski definition) is 1. The number of hydrogen-bond acceptors (Lipinski definition) is 4. The Bertz CT molecular complexity index is 1070. The maximum Gasteiger partial charge on any atom is 0.262 e. The van der Waals surface area contributed by atoms with Gasteiger partial charge >= 0.3 is 0 Å². The predicted octanol–water partition coefficient (Wildman–Crippen LogP) is 5.29. The van der Waals surface area contributed by atoms with Crippen molar-refractivity contribution in [1.82, 2.24) is 4.98 Å². The first kappa shape index (κ1) is 17.2. The molecule has 1 N–H and O–H groups in total. The molecule has 0 saturated carbocycles. The Morgan fingerprint density at radius 3 is 2.70 bits per heavy atom. The fourth-order valence-corrected chi connectivity index (χ4v) is 3.81. The molecule has 134 valence electrons. The molecule has 0 saturated heterocycles. The van der Waals surface area contributed by atoms with Gasteiger partial charge in [-0.05, 0) is 48.9 Å². The number of amides is 1. The van der Waals surface area contributed by atoms with Crippen LogP contribution in [0.4, 0.5) is 5.69 Å². The van der Waals surface area contributed by atoms with Crippen molar-refractivity contribution in [3.63, 3.8) is 0 Å². The van der Waals surface area contributed by atoms with E-state index >= 15 is 0 Å². The highest BCUT2D eigenvalue weighted by molar-refractivity contribution is 7.21. The summed E-state index contributed by atoms with van der Waals surface area (Å²) < 4.78 is 6.71. The van der Waals surface area contributed by atoms with Gasteiger partial charge in [-0.3, -0.25) is 4.79 Å². The van der Waals surface area contributed by atoms with Gasteiger partial charge in [-0.2, -0.15) is 0 Å². The first-order valence-corrected chi connectivity index (χ1v) is 9.45. The Kier molecular flexibility index (Phi) is 4.85. The molecule has 0 aliphatic heterocycles. The molecule has 0 aliphatic rings. The molecule has 5 heteroatoms. The number of thiazole rings is 1. The molecule has 3 aromatic carbocycles. The van der Waals surface area contributed by atoms with E-state index in [0.29, 0.717) is 5.75 Å². The summed E-state index contributed by atoms with van der Waals surface area (Å²) in [5, 5.41) is 3.82. The molecular weight excluding hydrogens is 356 g/mol. The fourth-order valence-electron chi connectivity index (χ4n) is 2.81. The average Bonchev–Trinajstić information content (AvgIpc) is 3.11. The molecule has 0 radical (unpaired) electrons. The zero-order valence-corrected chi connectivity index (χ0v) is 15.6. The maximum atomic E-state index is 12.4. The zero-order chi connectivity index (χ0) is 18.6. The van der Waals surface area contributed by atoms with Crippen LogP contribution in [0.1, 0.15) is 5.56 Å². The summed E-state index contributed by atoms with van der Waals surface area (Å²) in [5.74, 6) is 0.481.